The molecule has 47 heavy (non-hydrogen) atoms. The number of allylic oxidation sites excluding steroid dienone is 1. The zero-order valence-corrected chi connectivity index (χ0v) is 27.5. The molecule has 5 aromatic carbocycles. The van der Waals surface area contributed by atoms with E-state index in [0.29, 0.717) is 17.9 Å². The Hall–Kier alpha value is -5.42. The highest BCUT2D eigenvalue weighted by Crippen LogP contribution is 2.32. The van der Waals surface area contributed by atoms with Gasteiger partial charge in [0.2, 0.25) is 0 Å². The van der Waals surface area contributed by atoms with Crippen LogP contribution in [0.1, 0.15) is 77.7 Å². The monoisotopic (exact) mass is 622 g/mol. The van der Waals surface area contributed by atoms with Crippen molar-refractivity contribution in [3.8, 4) is 5.75 Å². The van der Waals surface area contributed by atoms with Crippen LogP contribution in [0.25, 0.3) is 22.9 Å². The second-order valence-corrected chi connectivity index (χ2v) is 12.2. The molecular weight excluding hydrogens is 580 g/mol. The predicted molar refractivity (Wildman–Crippen MR) is 195 cm³/mol. The molecule has 0 unspecified atom stereocenters. The van der Waals surface area contributed by atoms with Gasteiger partial charge in [-0.15, -0.1) is 0 Å². The fourth-order valence-corrected chi connectivity index (χ4v) is 5.51. The molecule has 2 N–H and O–H groups in total. The Morgan fingerprint density at radius 1 is 0.723 bits per heavy atom. The molecule has 0 aromatic heterocycles. The van der Waals surface area contributed by atoms with Crippen LogP contribution < -0.4 is 15.4 Å². The fraction of sp³-hybridized carbons (Fsp3) is 0.190. The first kappa shape index (κ1) is 33.0. The van der Waals surface area contributed by atoms with Gasteiger partial charge in [-0.05, 0) is 81.3 Å². The Balaban J connectivity index is 1.26. The second kappa shape index (κ2) is 15.7. The van der Waals surface area contributed by atoms with Gasteiger partial charge in [0.05, 0.1) is 0 Å². The number of carbonyl (C=O) groups excluding carboxylic acids is 2. The van der Waals surface area contributed by atoms with E-state index in [-0.39, 0.29) is 30.2 Å². The number of benzene rings is 5. The zero-order chi connectivity index (χ0) is 33.2. The van der Waals surface area contributed by atoms with E-state index in [0.717, 1.165) is 44.3 Å². The number of ether oxygens (including phenoxy) is 1. The van der Waals surface area contributed by atoms with Crippen LogP contribution in [0.15, 0.2) is 121 Å². The van der Waals surface area contributed by atoms with Gasteiger partial charge in [0.15, 0.2) is 5.78 Å². The van der Waals surface area contributed by atoms with Crippen molar-refractivity contribution in [2.75, 3.05) is 11.9 Å². The summed E-state index contributed by atoms with van der Waals surface area (Å²) < 4.78 is 6.17. The van der Waals surface area contributed by atoms with E-state index >= 15 is 0 Å². The number of urea groups is 1. The Kier molecular flexibility index (Phi) is 11.0. The van der Waals surface area contributed by atoms with Crippen LogP contribution >= 0.6 is 0 Å². The summed E-state index contributed by atoms with van der Waals surface area (Å²) in [5, 5.41) is 8.18. The average molecular weight is 623 g/mol. The summed E-state index contributed by atoms with van der Waals surface area (Å²) in [6, 6.07) is 35.5. The molecular formula is C42H42N2O3. The van der Waals surface area contributed by atoms with Gasteiger partial charge in [0.25, 0.3) is 0 Å². The predicted octanol–water partition coefficient (Wildman–Crippen LogP) is 10.4. The summed E-state index contributed by atoms with van der Waals surface area (Å²) in [4.78, 5) is 26.3. The third-order valence-electron chi connectivity index (χ3n) is 8.01. The minimum absolute atomic E-state index is 0.133. The fourth-order valence-electron chi connectivity index (χ4n) is 5.51. The molecule has 0 aliphatic carbocycles. The van der Waals surface area contributed by atoms with Crippen molar-refractivity contribution in [2.45, 2.75) is 46.1 Å². The highest BCUT2D eigenvalue weighted by atomic mass is 16.5. The van der Waals surface area contributed by atoms with Gasteiger partial charge in [0.1, 0.15) is 12.4 Å². The molecule has 2 amide bonds. The van der Waals surface area contributed by atoms with Gasteiger partial charge >= 0.3 is 6.03 Å². The molecule has 5 nitrogen and oxygen atoms in total. The lowest BCUT2D eigenvalue weighted by Crippen LogP contribution is -2.29. The van der Waals surface area contributed by atoms with Crippen molar-refractivity contribution in [3.63, 3.8) is 0 Å². The maximum absolute atomic E-state index is 13.3. The lowest BCUT2D eigenvalue weighted by atomic mass is 9.93. The first-order valence-electron chi connectivity index (χ1n) is 16.1. The van der Waals surface area contributed by atoms with Crippen LogP contribution in [-0.4, -0.2) is 18.4 Å². The molecule has 0 atom stereocenters. The molecule has 5 aromatic rings. The van der Waals surface area contributed by atoms with E-state index in [1.807, 2.05) is 109 Å². The number of hydrogen-bond donors (Lipinski definition) is 2. The number of fused-ring (bicyclic) bond motifs is 1. The highest BCUT2D eigenvalue weighted by Gasteiger charge is 2.16. The van der Waals surface area contributed by atoms with Gasteiger partial charge in [0, 0.05) is 23.4 Å². The third kappa shape index (κ3) is 8.86. The highest BCUT2D eigenvalue weighted by molar-refractivity contribution is 6.07. The van der Waals surface area contributed by atoms with Crippen LogP contribution in [0.2, 0.25) is 0 Å². The SMILES string of the molecule is CC(C)c1cccc(C(C)C)c1NC(=O)NCc1cccc(C(=O)C=Cc2cc3ccccc3cc2OCC=Cc2ccccc2)c1. The average Bonchev–Trinajstić information content (AvgIpc) is 3.08. The summed E-state index contributed by atoms with van der Waals surface area (Å²) in [5.41, 5.74) is 6.39. The van der Waals surface area contributed by atoms with Crippen LogP contribution in [0.5, 0.6) is 5.75 Å². The summed E-state index contributed by atoms with van der Waals surface area (Å²) in [7, 11) is 0. The minimum Gasteiger partial charge on any atom is -0.489 e. The van der Waals surface area contributed by atoms with Crippen molar-refractivity contribution in [1.29, 1.82) is 0 Å². The van der Waals surface area contributed by atoms with Gasteiger partial charge in [-0.2, -0.15) is 0 Å². The Labute approximate surface area is 278 Å². The summed E-state index contributed by atoms with van der Waals surface area (Å²) in [6.45, 7) is 9.18. The molecule has 5 heteroatoms. The Morgan fingerprint density at radius 2 is 1.38 bits per heavy atom. The summed E-state index contributed by atoms with van der Waals surface area (Å²) in [6.07, 6.45) is 7.39. The van der Waals surface area contributed by atoms with Gasteiger partial charge in [-0.25, -0.2) is 4.79 Å². The molecule has 0 aliphatic rings. The van der Waals surface area contributed by atoms with Gasteiger partial charge in [-0.3, -0.25) is 4.79 Å². The van der Waals surface area contributed by atoms with E-state index in [9.17, 15) is 9.59 Å². The maximum Gasteiger partial charge on any atom is 0.319 e. The van der Waals surface area contributed by atoms with Crippen molar-refractivity contribution in [2.24, 2.45) is 0 Å². The molecule has 0 fully saturated rings. The van der Waals surface area contributed by atoms with Crippen LogP contribution in [0.4, 0.5) is 10.5 Å². The molecule has 0 saturated carbocycles. The number of rotatable bonds is 12. The normalized spacial score (nSPS) is 11.5. The summed E-state index contributed by atoms with van der Waals surface area (Å²) in [5.74, 6) is 1.11. The standard InChI is InChI=1S/C42H42N2O3/c1-29(2)37-20-11-21-38(30(3)4)41(37)44-42(46)43-28-32-15-10-19-35(25-32)39(45)23-22-36-26-33-17-8-9-18-34(33)27-40(36)47-24-12-16-31-13-6-5-7-14-31/h5-23,25-27,29-30H,24,28H2,1-4H3,(H2,43,44,46). The number of para-hydroxylation sites is 1. The number of ketones is 1. The number of hydrogen-bond acceptors (Lipinski definition) is 3. The molecule has 0 saturated heterocycles. The van der Waals surface area contributed by atoms with Crippen LogP contribution in [0.3, 0.4) is 0 Å². The minimum atomic E-state index is -0.279. The largest absolute Gasteiger partial charge is 0.489 e. The third-order valence-corrected chi connectivity index (χ3v) is 8.01. The van der Waals surface area contributed by atoms with E-state index in [1.54, 1.807) is 12.1 Å². The molecule has 0 heterocycles. The number of carbonyl (C=O) groups is 2. The van der Waals surface area contributed by atoms with Crippen molar-refractivity contribution in [3.05, 3.63) is 155 Å². The topological polar surface area (TPSA) is 67.4 Å². The van der Waals surface area contributed by atoms with E-state index in [1.165, 1.54) is 0 Å². The van der Waals surface area contributed by atoms with Gasteiger partial charge in [-0.1, -0.05) is 125 Å². The molecule has 5 rings (SSSR count). The Bertz CT molecular complexity index is 1880. The summed E-state index contributed by atoms with van der Waals surface area (Å²) >= 11 is 0. The number of nitrogens with one attached hydrogen (secondary N) is 2. The lowest BCUT2D eigenvalue weighted by Gasteiger charge is -2.20. The lowest BCUT2D eigenvalue weighted by molar-refractivity contribution is 0.104. The van der Waals surface area contributed by atoms with E-state index < -0.39 is 0 Å². The molecule has 0 radical (unpaired) electrons. The van der Waals surface area contributed by atoms with E-state index in [2.05, 4.69) is 50.5 Å². The number of anilines is 1. The smallest absolute Gasteiger partial charge is 0.319 e. The first-order chi connectivity index (χ1) is 22.8. The van der Waals surface area contributed by atoms with Crippen molar-refractivity contribution < 1.29 is 14.3 Å². The van der Waals surface area contributed by atoms with Crippen molar-refractivity contribution in [1.82, 2.24) is 5.32 Å². The zero-order valence-electron chi connectivity index (χ0n) is 27.5. The Morgan fingerprint density at radius 3 is 2.09 bits per heavy atom. The van der Waals surface area contributed by atoms with Gasteiger partial charge < -0.3 is 15.4 Å². The molecule has 0 bridgehead atoms. The first-order valence-corrected chi connectivity index (χ1v) is 16.1. The quantitative estimate of drug-likeness (QED) is 0.107. The van der Waals surface area contributed by atoms with Crippen LogP contribution in [0, 0.1) is 0 Å². The number of amides is 2. The maximum atomic E-state index is 13.3. The second-order valence-electron chi connectivity index (χ2n) is 12.2. The molecule has 238 valence electrons. The van der Waals surface area contributed by atoms with Crippen LogP contribution in [-0.2, 0) is 6.54 Å². The van der Waals surface area contributed by atoms with Crippen molar-refractivity contribution >= 4 is 40.4 Å². The van der Waals surface area contributed by atoms with E-state index in [4.69, 9.17) is 4.74 Å². The molecule has 0 spiro atoms. The molecule has 0 aliphatic heterocycles.